The number of rotatable bonds is 8. The van der Waals surface area contributed by atoms with Gasteiger partial charge in [-0.1, -0.05) is 42.7 Å². The van der Waals surface area contributed by atoms with Crippen LogP contribution in [-0.2, 0) is 16.1 Å². The smallest absolute Gasteiger partial charge is 0.261 e. The molecule has 0 bridgehead atoms. The first kappa shape index (κ1) is 21.8. The van der Waals surface area contributed by atoms with E-state index in [1.54, 1.807) is 11.8 Å². The van der Waals surface area contributed by atoms with E-state index in [0.717, 1.165) is 36.8 Å². The number of halogens is 1. The van der Waals surface area contributed by atoms with Crippen LogP contribution in [0.3, 0.4) is 0 Å². The zero-order valence-corrected chi connectivity index (χ0v) is 17.6. The monoisotopic (exact) mass is 412 g/mol. The van der Waals surface area contributed by atoms with E-state index in [1.165, 1.54) is 24.3 Å². The summed E-state index contributed by atoms with van der Waals surface area (Å²) >= 11 is 0. The fourth-order valence-electron chi connectivity index (χ4n) is 3.74. The summed E-state index contributed by atoms with van der Waals surface area (Å²) in [6.45, 7) is 3.82. The number of carbonyl (C=O) groups excluding carboxylic acids is 2. The molecule has 6 heteroatoms. The lowest BCUT2D eigenvalue weighted by Crippen LogP contribution is -2.50. The summed E-state index contributed by atoms with van der Waals surface area (Å²) in [6, 6.07) is 12.9. The minimum Gasteiger partial charge on any atom is -0.484 e. The molecule has 1 unspecified atom stereocenters. The van der Waals surface area contributed by atoms with Gasteiger partial charge in [0.25, 0.3) is 5.91 Å². The van der Waals surface area contributed by atoms with E-state index in [2.05, 4.69) is 5.32 Å². The molecular formula is C24H29FN2O3. The zero-order valence-electron chi connectivity index (χ0n) is 17.6. The van der Waals surface area contributed by atoms with Crippen LogP contribution in [-0.4, -0.2) is 35.4 Å². The lowest BCUT2D eigenvalue weighted by Gasteiger charge is -2.29. The summed E-state index contributed by atoms with van der Waals surface area (Å²) in [5.41, 5.74) is 2.04. The second-order valence-electron chi connectivity index (χ2n) is 7.92. The maximum Gasteiger partial charge on any atom is 0.261 e. The van der Waals surface area contributed by atoms with Gasteiger partial charge in [0, 0.05) is 12.6 Å². The predicted molar refractivity (Wildman–Crippen MR) is 113 cm³/mol. The number of carbonyl (C=O) groups is 2. The van der Waals surface area contributed by atoms with Gasteiger partial charge in [-0.05, 0) is 56.5 Å². The number of nitrogens with one attached hydrogen (secondary N) is 1. The van der Waals surface area contributed by atoms with Crippen LogP contribution in [0.15, 0.2) is 48.5 Å². The van der Waals surface area contributed by atoms with Gasteiger partial charge in [-0.2, -0.15) is 0 Å². The van der Waals surface area contributed by atoms with E-state index in [9.17, 15) is 14.0 Å². The highest BCUT2D eigenvalue weighted by Gasteiger charge is 2.28. The first-order valence-corrected chi connectivity index (χ1v) is 10.5. The number of nitrogens with zero attached hydrogens (tertiary/aromatic N) is 1. The van der Waals surface area contributed by atoms with Crippen molar-refractivity contribution in [1.82, 2.24) is 10.2 Å². The van der Waals surface area contributed by atoms with Gasteiger partial charge in [0.2, 0.25) is 5.91 Å². The molecule has 0 radical (unpaired) electrons. The molecule has 1 aliphatic rings. The minimum atomic E-state index is -0.629. The highest BCUT2D eigenvalue weighted by Crippen LogP contribution is 2.19. The van der Waals surface area contributed by atoms with E-state index in [0.29, 0.717) is 12.3 Å². The molecule has 0 heterocycles. The van der Waals surface area contributed by atoms with Crippen molar-refractivity contribution in [3.63, 3.8) is 0 Å². The summed E-state index contributed by atoms with van der Waals surface area (Å²) in [4.78, 5) is 27.4. The molecule has 1 aliphatic carbocycles. The Kier molecular flexibility index (Phi) is 7.44. The molecule has 5 nitrogen and oxygen atoms in total. The summed E-state index contributed by atoms with van der Waals surface area (Å²) < 4.78 is 18.6. The molecule has 0 saturated heterocycles. The molecule has 2 aromatic rings. The van der Waals surface area contributed by atoms with Gasteiger partial charge < -0.3 is 15.0 Å². The molecule has 2 amide bonds. The molecule has 2 aromatic carbocycles. The van der Waals surface area contributed by atoms with E-state index >= 15 is 0 Å². The van der Waals surface area contributed by atoms with Gasteiger partial charge in [0.05, 0.1) is 0 Å². The van der Waals surface area contributed by atoms with E-state index < -0.39 is 6.04 Å². The lowest BCUT2D eigenvalue weighted by atomic mass is 10.1. The Balaban J connectivity index is 1.70. The topological polar surface area (TPSA) is 58.6 Å². The highest BCUT2D eigenvalue weighted by molar-refractivity contribution is 5.88. The summed E-state index contributed by atoms with van der Waals surface area (Å²) in [6.07, 6.45) is 4.21. The number of hydrogen-bond acceptors (Lipinski definition) is 3. The zero-order chi connectivity index (χ0) is 21.5. The number of aryl methyl sites for hydroxylation is 1. The van der Waals surface area contributed by atoms with Gasteiger partial charge in [0.15, 0.2) is 6.61 Å². The van der Waals surface area contributed by atoms with Crippen LogP contribution < -0.4 is 10.1 Å². The molecular weight excluding hydrogens is 383 g/mol. The maximum atomic E-state index is 13.1. The fraction of sp³-hybridized carbons (Fsp3) is 0.417. The molecule has 1 saturated carbocycles. The average Bonchev–Trinajstić information content (AvgIpc) is 3.24. The first-order chi connectivity index (χ1) is 14.4. The third kappa shape index (κ3) is 6.05. The molecule has 0 spiro atoms. The minimum absolute atomic E-state index is 0.148. The number of benzene rings is 2. The van der Waals surface area contributed by atoms with Crippen LogP contribution in [0, 0.1) is 12.7 Å². The van der Waals surface area contributed by atoms with Crippen molar-refractivity contribution in [3.8, 4) is 5.75 Å². The van der Waals surface area contributed by atoms with Crippen LogP contribution >= 0.6 is 0 Å². The second-order valence-corrected chi connectivity index (χ2v) is 7.92. The van der Waals surface area contributed by atoms with Crippen LogP contribution in [0.1, 0.15) is 43.7 Å². The Bertz CT molecular complexity index is 863. The van der Waals surface area contributed by atoms with Crippen molar-refractivity contribution < 1.29 is 18.7 Å². The molecule has 0 aromatic heterocycles. The summed E-state index contributed by atoms with van der Waals surface area (Å²) in [5, 5.41) is 3.08. The van der Waals surface area contributed by atoms with Crippen LogP contribution in [0.2, 0.25) is 0 Å². The van der Waals surface area contributed by atoms with Gasteiger partial charge in [0.1, 0.15) is 17.6 Å². The molecule has 0 aliphatic heterocycles. The van der Waals surface area contributed by atoms with Crippen LogP contribution in [0.4, 0.5) is 4.39 Å². The largest absolute Gasteiger partial charge is 0.484 e. The summed E-state index contributed by atoms with van der Waals surface area (Å²) in [7, 11) is 0. The van der Waals surface area contributed by atoms with Gasteiger partial charge in [-0.3, -0.25) is 9.59 Å². The van der Waals surface area contributed by atoms with Crippen molar-refractivity contribution in [2.24, 2.45) is 0 Å². The Morgan fingerprint density at radius 3 is 2.53 bits per heavy atom. The normalized spacial score (nSPS) is 14.9. The Hall–Kier alpha value is -2.89. The van der Waals surface area contributed by atoms with Crippen molar-refractivity contribution in [2.45, 2.75) is 58.2 Å². The number of hydrogen-bond donors (Lipinski definition) is 1. The maximum absolute atomic E-state index is 13.1. The quantitative estimate of drug-likeness (QED) is 0.713. The van der Waals surface area contributed by atoms with Crippen molar-refractivity contribution in [2.75, 3.05) is 6.61 Å². The number of ether oxygens (including phenoxy) is 1. The standard InChI is InChI=1S/C24H29FN2O3/c1-17-6-5-7-19(14-17)15-27(18(2)24(29)26-21-8-3-4-9-21)23(28)16-30-22-12-10-20(25)11-13-22/h5-7,10-14,18,21H,3-4,8-9,15-16H2,1-2H3,(H,26,29). The molecule has 30 heavy (non-hydrogen) atoms. The first-order valence-electron chi connectivity index (χ1n) is 10.5. The second kappa shape index (κ2) is 10.2. The fourth-order valence-corrected chi connectivity index (χ4v) is 3.74. The number of amides is 2. The third-order valence-corrected chi connectivity index (χ3v) is 5.48. The third-order valence-electron chi connectivity index (χ3n) is 5.48. The highest BCUT2D eigenvalue weighted by atomic mass is 19.1. The van der Waals surface area contributed by atoms with E-state index in [1.807, 2.05) is 31.2 Å². The van der Waals surface area contributed by atoms with Crippen LogP contribution in [0.25, 0.3) is 0 Å². The average molecular weight is 413 g/mol. The SMILES string of the molecule is Cc1cccc(CN(C(=O)COc2ccc(F)cc2)C(C)C(=O)NC2CCCC2)c1. The van der Waals surface area contributed by atoms with Crippen molar-refractivity contribution >= 4 is 11.8 Å². The van der Waals surface area contributed by atoms with Gasteiger partial charge in [-0.15, -0.1) is 0 Å². The molecule has 1 fully saturated rings. The predicted octanol–water partition coefficient (Wildman–Crippen LogP) is 3.99. The van der Waals surface area contributed by atoms with Crippen LogP contribution in [0.5, 0.6) is 5.75 Å². The van der Waals surface area contributed by atoms with E-state index in [4.69, 9.17) is 4.74 Å². The van der Waals surface area contributed by atoms with Crippen molar-refractivity contribution in [3.05, 3.63) is 65.5 Å². The van der Waals surface area contributed by atoms with Crippen molar-refractivity contribution in [1.29, 1.82) is 0 Å². The molecule has 160 valence electrons. The Morgan fingerprint density at radius 2 is 1.87 bits per heavy atom. The molecule has 3 rings (SSSR count). The lowest BCUT2D eigenvalue weighted by molar-refractivity contribution is -0.142. The van der Waals surface area contributed by atoms with E-state index in [-0.39, 0.29) is 30.3 Å². The summed E-state index contributed by atoms with van der Waals surface area (Å²) in [5.74, 6) is -0.408. The van der Waals surface area contributed by atoms with Gasteiger partial charge >= 0.3 is 0 Å². The Morgan fingerprint density at radius 1 is 1.17 bits per heavy atom. The van der Waals surface area contributed by atoms with Gasteiger partial charge in [-0.25, -0.2) is 4.39 Å². The molecule has 1 N–H and O–H groups in total. The Labute approximate surface area is 177 Å². The molecule has 1 atom stereocenters.